The molecule has 16 heavy (non-hydrogen) atoms. The van der Waals surface area contributed by atoms with Gasteiger partial charge >= 0.3 is 0 Å². The monoisotopic (exact) mass is 211 g/mol. The highest BCUT2D eigenvalue weighted by Crippen LogP contribution is 2.19. The number of pyridine rings is 2. The number of hydrogen-bond donors (Lipinski definition) is 2. The third-order valence-electron chi connectivity index (χ3n) is 2.09. The maximum Gasteiger partial charge on any atom is 0.101 e. The van der Waals surface area contributed by atoms with Gasteiger partial charge in [-0.15, -0.1) is 0 Å². The highest BCUT2D eigenvalue weighted by atomic mass is 15.2. The zero-order valence-electron chi connectivity index (χ0n) is 8.38. The first kappa shape index (κ1) is 10.1. The van der Waals surface area contributed by atoms with E-state index in [1.807, 2.05) is 6.07 Å². The van der Waals surface area contributed by atoms with E-state index in [-0.39, 0.29) is 0 Å². The number of aromatic nitrogens is 2. The Hall–Kier alpha value is -2.45. The van der Waals surface area contributed by atoms with Crippen LogP contribution in [0.5, 0.6) is 0 Å². The van der Waals surface area contributed by atoms with E-state index >= 15 is 0 Å². The quantitative estimate of drug-likeness (QED) is 0.577. The van der Waals surface area contributed by atoms with Gasteiger partial charge in [0.25, 0.3) is 0 Å². The number of hydrogen-bond acceptors (Lipinski definition) is 5. The molecule has 2 aromatic heterocycles. The van der Waals surface area contributed by atoms with Crippen molar-refractivity contribution in [2.45, 2.75) is 0 Å². The lowest BCUT2D eigenvalue weighted by Gasteiger charge is -2.03. The molecule has 2 rings (SSSR count). The third-order valence-corrected chi connectivity index (χ3v) is 2.09. The van der Waals surface area contributed by atoms with Gasteiger partial charge in [-0.1, -0.05) is 0 Å². The van der Waals surface area contributed by atoms with Gasteiger partial charge in [-0.05, 0) is 18.2 Å². The van der Waals surface area contributed by atoms with Gasteiger partial charge < -0.3 is 5.43 Å². The molecule has 0 bridgehead atoms. The van der Waals surface area contributed by atoms with Crippen molar-refractivity contribution in [3.05, 3.63) is 42.4 Å². The van der Waals surface area contributed by atoms with Crippen molar-refractivity contribution in [1.82, 2.24) is 9.97 Å². The Morgan fingerprint density at radius 2 is 2.19 bits per heavy atom. The van der Waals surface area contributed by atoms with E-state index in [2.05, 4.69) is 15.4 Å². The predicted octanol–water partition coefficient (Wildman–Crippen LogP) is 1.30. The molecule has 0 aliphatic heterocycles. The molecule has 0 radical (unpaired) electrons. The standard InChI is InChI=1S/C11H9N5/c12-5-8-3-9(7-14-6-8)11-4-10(16-13)1-2-15-11/h1-4,6-7H,13H2,(H,15,16). The summed E-state index contributed by atoms with van der Waals surface area (Å²) in [7, 11) is 0. The number of anilines is 1. The van der Waals surface area contributed by atoms with Crippen LogP contribution in [0.4, 0.5) is 5.69 Å². The molecule has 0 spiro atoms. The molecule has 2 heterocycles. The number of nitrogen functional groups attached to an aromatic ring is 1. The van der Waals surface area contributed by atoms with Crippen LogP contribution in [0, 0.1) is 11.3 Å². The minimum Gasteiger partial charge on any atom is -0.324 e. The van der Waals surface area contributed by atoms with E-state index in [1.54, 1.807) is 30.6 Å². The predicted molar refractivity (Wildman–Crippen MR) is 60.0 cm³/mol. The lowest BCUT2D eigenvalue weighted by atomic mass is 10.1. The Bertz CT molecular complexity index is 544. The Morgan fingerprint density at radius 1 is 1.31 bits per heavy atom. The fraction of sp³-hybridized carbons (Fsp3) is 0. The van der Waals surface area contributed by atoms with Gasteiger partial charge in [-0.2, -0.15) is 5.26 Å². The average Bonchev–Trinajstić information content (AvgIpc) is 2.39. The van der Waals surface area contributed by atoms with Crippen LogP contribution in [0.1, 0.15) is 5.56 Å². The summed E-state index contributed by atoms with van der Waals surface area (Å²) in [5.74, 6) is 5.31. The van der Waals surface area contributed by atoms with Crippen molar-refractivity contribution in [3.63, 3.8) is 0 Å². The Morgan fingerprint density at radius 3 is 2.94 bits per heavy atom. The molecule has 0 fully saturated rings. The summed E-state index contributed by atoms with van der Waals surface area (Å²) in [5, 5.41) is 8.77. The smallest absolute Gasteiger partial charge is 0.101 e. The molecule has 5 nitrogen and oxygen atoms in total. The summed E-state index contributed by atoms with van der Waals surface area (Å²) in [6, 6.07) is 7.31. The van der Waals surface area contributed by atoms with Crippen molar-refractivity contribution in [2.24, 2.45) is 5.84 Å². The van der Waals surface area contributed by atoms with Crippen LogP contribution in [0.2, 0.25) is 0 Å². The van der Waals surface area contributed by atoms with E-state index < -0.39 is 0 Å². The van der Waals surface area contributed by atoms with Crippen LogP contribution >= 0.6 is 0 Å². The lowest BCUT2D eigenvalue weighted by molar-refractivity contribution is 1.25. The van der Waals surface area contributed by atoms with Gasteiger partial charge in [0.1, 0.15) is 6.07 Å². The summed E-state index contributed by atoms with van der Waals surface area (Å²) >= 11 is 0. The number of hydrazine groups is 1. The molecular weight excluding hydrogens is 202 g/mol. The van der Waals surface area contributed by atoms with Crippen LogP contribution in [0.25, 0.3) is 11.3 Å². The van der Waals surface area contributed by atoms with Crippen molar-refractivity contribution in [1.29, 1.82) is 5.26 Å². The second kappa shape index (κ2) is 4.38. The van der Waals surface area contributed by atoms with E-state index in [1.165, 1.54) is 6.20 Å². The van der Waals surface area contributed by atoms with Crippen molar-refractivity contribution >= 4 is 5.69 Å². The first-order chi connectivity index (χ1) is 7.83. The van der Waals surface area contributed by atoms with Crippen molar-refractivity contribution < 1.29 is 0 Å². The first-order valence-electron chi connectivity index (χ1n) is 4.61. The molecule has 0 aliphatic rings. The normalized spacial score (nSPS) is 9.50. The summed E-state index contributed by atoms with van der Waals surface area (Å²) in [6.07, 6.45) is 4.81. The molecule has 0 atom stereocenters. The zero-order chi connectivity index (χ0) is 11.4. The third kappa shape index (κ3) is 1.97. The minimum absolute atomic E-state index is 0.505. The average molecular weight is 211 g/mol. The highest BCUT2D eigenvalue weighted by Gasteiger charge is 2.02. The van der Waals surface area contributed by atoms with Gasteiger partial charge in [0.2, 0.25) is 0 Å². The summed E-state index contributed by atoms with van der Waals surface area (Å²) in [5.41, 5.74) is 5.31. The van der Waals surface area contributed by atoms with Crippen molar-refractivity contribution in [2.75, 3.05) is 5.43 Å². The van der Waals surface area contributed by atoms with Crippen LogP contribution in [-0.4, -0.2) is 9.97 Å². The molecule has 5 heteroatoms. The molecule has 0 saturated heterocycles. The number of rotatable bonds is 2. The van der Waals surface area contributed by atoms with Crippen molar-refractivity contribution in [3.8, 4) is 17.3 Å². The molecule has 0 aliphatic carbocycles. The molecule has 78 valence electrons. The number of nitrogens with one attached hydrogen (secondary N) is 1. The first-order valence-corrected chi connectivity index (χ1v) is 4.61. The number of nitrogens with zero attached hydrogens (tertiary/aromatic N) is 3. The topological polar surface area (TPSA) is 87.6 Å². The Kier molecular flexibility index (Phi) is 2.76. The Balaban J connectivity index is 2.46. The van der Waals surface area contributed by atoms with E-state index in [4.69, 9.17) is 11.1 Å². The van der Waals surface area contributed by atoms with Crippen LogP contribution in [0.15, 0.2) is 36.8 Å². The van der Waals surface area contributed by atoms with Gasteiger partial charge in [0.15, 0.2) is 0 Å². The molecule has 0 unspecified atom stereocenters. The minimum atomic E-state index is 0.505. The van der Waals surface area contributed by atoms with Crippen LogP contribution in [0.3, 0.4) is 0 Å². The van der Waals surface area contributed by atoms with Crippen LogP contribution in [-0.2, 0) is 0 Å². The second-order valence-electron chi connectivity index (χ2n) is 3.15. The van der Waals surface area contributed by atoms with Gasteiger partial charge in [0, 0.05) is 24.2 Å². The molecule has 3 N–H and O–H groups in total. The fourth-order valence-electron chi connectivity index (χ4n) is 1.32. The highest BCUT2D eigenvalue weighted by molar-refractivity contribution is 5.64. The van der Waals surface area contributed by atoms with E-state index in [0.29, 0.717) is 5.56 Å². The Labute approximate surface area is 92.5 Å². The SMILES string of the molecule is N#Cc1cncc(-c2cc(NN)ccn2)c1. The summed E-state index contributed by atoms with van der Waals surface area (Å²) in [4.78, 5) is 8.16. The van der Waals surface area contributed by atoms with Gasteiger partial charge in [0.05, 0.1) is 16.9 Å². The van der Waals surface area contributed by atoms with E-state index in [0.717, 1.165) is 16.9 Å². The summed E-state index contributed by atoms with van der Waals surface area (Å²) < 4.78 is 0. The van der Waals surface area contributed by atoms with E-state index in [9.17, 15) is 0 Å². The molecule has 0 aromatic carbocycles. The molecule has 0 amide bonds. The number of nitrogens with two attached hydrogens (primary N) is 1. The molecule has 0 saturated carbocycles. The lowest BCUT2D eigenvalue weighted by Crippen LogP contribution is -2.06. The summed E-state index contributed by atoms with van der Waals surface area (Å²) in [6.45, 7) is 0. The molecule has 2 aromatic rings. The molecular formula is C11H9N5. The largest absolute Gasteiger partial charge is 0.324 e. The number of nitriles is 1. The fourth-order valence-corrected chi connectivity index (χ4v) is 1.32. The van der Waals surface area contributed by atoms with Gasteiger partial charge in [-0.3, -0.25) is 15.8 Å². The zero-order valence-corrected chi connectivity index (χ0v) is 8.38. The van der Waals surface area contributed by atoms with Gasteiger partial charge in [-0.25, -0.2) is 0 Å². The maximum atomic E-state index is 8.77. The second-order valence-corrected chi connectivity index (χ2v) is 3.15. The van der Waals surface area contributed by atoms with Crippen LogP contribution < -0.4 is 11.3 Å². The maximum absolute atomic E-state index is 8.77.